The second kappa shape index (κ2) is 6.85. The molecule has 22 heavy (non-hydrogen) atoms. The highest BCUT2D eigenvalue weighted by Crippen LogP contribution is 2.21. The Morgan fingerprint density at radius 2 is 2.36 bits per heavy atom. The minimum Gasteiger partial charge on any atom is -0.476 e. The summed E-state index contributed by atoms with van der Waals surface area (Å²) in [5, 5.41) is 11.0. The fraction of sp³-hybridized carbons (Fsp3) is 0.400. The van der Waals surface area contributed by atoms with Crippen LogP contribution >= 0.6 is 11.3 Å². The number of carboxylic acid groups (broad SMARTS) is 1. The summed E-state index contributed by atoms with van der Waals surface area (Å²) in [6.45, 7) is 2.26. The first-order chi connectivity index (χ1) is 10.7. The zero-order valence-corrected chi connectivity index (χ0v) is 12.8. The number of hydrogen-bond acceptors (Lipinski definition) is 6. The van der Waals surface area contributed by atoms with Gasteiger partial charge in [-0.25, -0.2) is 14.8 Å². The van der Waals surface area contributed by atoms with Crippen molar-refractivity contribution in [3.8, 4) is 0 Å². The lowest BCUT2D eigenvalue weighted by atomic mass is 10.2. The Bertz CT molecular complexity index is 609. The van der Waals surface area contributed by atoms with Gasteiger partial charge in [-0.05, 0) is 24.3 Å². The fourth-order valence-electron chi connectivity index (χ4n) is 2.46. The molecule has 0 aromatic carbocycles. The van der Waals surface area contributed by atoms with E-state index in [1.807, 2.05) is 11.4 Å². The van der Waals surface area contributed by atoms with Gasteiger partial charge < -0.3 is 14.7 Å². The summed E-state index contributed by atoms with van der Waals surface area (Å²) in [6, 6.07) is 4.09. The van der Waals surface area contributed by atoms with E-state index in [0.29, 0.717) is 5.82 Å². The first kappa shape index (κ1) is 14.9. The molecule has 1 fully saturated rings. The largest absolute Gasteiger partial charge is 0.476 e. The van der Waals surface area contributed by atoms with Crippen molar-refractivity contribution in [1.29, 1.82) is 0 Å². The standard InChI is InChI=1S/C15H17N3O3S/c19-15(20)13-7-17-14(8-16-13)18(9-11-3-1-5-21-11)10-12-4-2-6-22-12/h2,4,6-8,11H,1,3,5,9-10H2,(H,19,20). The van der Waals surface area contributed by atoms with E-state index in [1.165, 1.54) is 17.3 Å². The third kappa shape index (κ3) is 3.61. The molecule has 1 aliphatic heterocycles. The van der Waals surface area contributed by atoms with Crippen LogP contribution in [0.15, 0.2) is 29.9 Å². The Labute approximate surface area is 132 Å². The number of thiophene rings is 1. The minimum atomic E-state index is -1.07. The van der Waals surface area contributed by atoms with Crippen molar-refractivity contribution in [2.24, 2.45) is 0 Å². The molecule has 116 valence electrons. The van der Waals surface area contributed by atoms with Gasteiger partial charge in [0.2, 0.25) is 0 Å². The highest BCUT2D eigenvalue weighted by molar-refractivity contribution is 7.09. The lowest BCUT2D eigenvalue weighted by molar-refractivity contribution is 0.0690. The number of ether oxygens (including phenoxy) is 1. The van der Waals surface area contributed by atoms with E-state index < -0.39 is 5.97 Å². The summed E-state index contributed by atoms with van der Waals surface area (Å²) < 4.78 is 5.71. The predicted octanol–water partition coefficient (Wildman–Crippen LogP) is 2.42. The lowest BCUT2D eigenvalue weighted by Gasteiger charge is -2.25. The average molecular weight is 319 g/mol. The van der Waals surface area contributed by atoms with Crippen LogP contribution in [0.25, 0.3) is 0 Å². The average Bonchev–Trinajstić information content (AvgIpc) is 3.20. The van der Waals surface area contributed by atoms with Gasteiger partial charge in [0.05, 0.1) is 25.0 Å². The van der Waals surface area contributed by atoms with Crippen molar-refractivity contribution in [1.82, 2.24) is 9.97 Å². The van der Waals surface area contributed by atoms with Crippen LogP contribution in [0.5, 0.6) is 0 Å². The molecule has 3 rings (SSSR count). The highest BCUT2D eigenvalue weighted by atomic mass is 32.1. The van der Waals surface area contributed by atoms with Gasteiger partial charge in [-0.1, -0.05) is 6.07 Å². The van der Waals surface area contributed by atoms with Gasteiger partial charge in [-0.15, -0.1) is 11.3 Å². The van der Waals surface area contributed by atoms with Crippen molar-refractivity contribution in [3.63, 3.8) is 0 Å². The SMILES string of the molecule is O=C(O)c1cnc(N(Cc2cccs2)CC2CCCO2)cn1. The maximum absolute atomic E-state index is 10.9. The lowest BCUT2D eigenvalue weighted by Crippen LogP contribution is -2.32. The van der Waals surface area contributed by atoms with Gasteiger partial charge >= 0.3 is 5.97 Å². The van der Waals surface area contributed by atoms with Crippen LogP contribution in [0, 0.1) is 0 Å². The first-order valence-electron chi connectivity index (χ1n) is 7.16. The van der Waals surface area contributed by atoms with Crippen LogP contribution in [0.4, 0.5) is 5.82 Å². The number of aromatic nitrogens is 2. The van der Waals surface area contributed by atoms with E-state index in [2.05, 4.69) is 20.9 Å². The molecule has 0 radical (unpaired) electrons. The number of anilines is 1. The molecule has 0 amide bonds. The Hall–Kier alpha value is -1.99. The Morgan fingerprint density at radius 1 is 1.45 bits per heavy atom. The zero-order chi connectivity index (χ0) is 15.4. The fourth-order valence-corrected chi connectivity index (χ4v) is 3.18. The number of hydrogen-bond donors (Lipinski definition) is 1. The molecular formula is C15H17N3O3S. The predicted molar refractivity (Wildman–Crippen MR) is 83.3 cm³/mol. The van der Waals surface area contributed by atoms with E-state index in [0.717, 1.165) is 32.5 Å². The Kier molecular flexibility index (Phi) is 4.65. The number of aromatic carboxylic acids is 1. The monoisotopic (exact) mass is 319 g/mol. The summed E-state index contributed by atoms with van der Waals surface area (Å²) in [7, 11) is 0. The van der Waals surface area contributed by atoms with E-state index in [1.54, 1.807) is 11.3 Å². The van der Waals surface area contributed by atoms with Crippen molar-refractivity contribution < 1.29 is 14.6 Å². The normalized spacial score (nSPS) is 17.5. The topological polar surface area (TPSA) is 75.5 Å². The quantitative estimate of drug-likeness (QED) is 0.881. The maximum atomic E-state index is 10.9. The molecule has 6 nitrogen and oxygen atoms in total. The molecule has 2 aromatic heterocycles. The summed E-state index contributed by atoms with van der Waals surface area (Å²) in [4.78, 5) is 22.4. The molecule has 1 unspecified atom stereocenters. The summed E-state index contributed by atoms with van der Waals surface area (Å²) in [5.41, 5.74) is -0.0445. The maximum Gasteiger partial charge on any atom is 0.356 e. The molecule has 1 atom stereocenters. The Morgan fingerprint density at radius 3 is 2.95 bits per heavy atom. The van der Waals surface area contributed by atoms with Gasteiger partial charge in [-0.3, -0.25) is 0 Å². The van der Waals surface area contributed by atoms with Crippen LogP contribution in [0.2, 0.25) is 0 Å². The molecule has 1 aliphatic rings. The second-order valence-corrected chi connectivity index (χ2v) is 6.19. The molecular weight excluding hydrogens is 302 g/mol. The van der Waals surface area contributed by atoms with Crippen molar-refractivity contribution >= 4 is 23.1 Å². The molecule has 7 heteroatoms. The van der Waals surface area contributed by atoms with Crippen LogP contribution in [-0.4, -0.2) is 40.3 Å². The molecule has 2 aromatic rings. The second-order valence-electron chi connectivity index (χ2n) is 5.16. The number of nitrogens with zero attached hydrogens (tertiary/aromatic N) is 3. The summed E-state index contributed by atoms with van der Waals surface area (Å²) in [6.07, 6.45) is 5.14. The molecule has 0 aliphatic carbocycles. The number of carbonyl (C=O) groups is 1. The molecule has 1 saturated heterocycles. The van der Waals surface area contributed by atoms with Crippen LogP contribution in [0.3, 0.4) is 0 Å². The van der Waals surface area contributed by atoms with Gasteiger partial charge in [0.15, 0.2) is 5.69 Å². The molecule has 0 saturated carbocycles. The van der Waals surface area contributed by atoms with Gasteiger partial charge in [0.1, 0.15) is 5.82 Å². The minimum absolute atomic E-state index is 0.0445. The molecule has 3 heterocycles. The van der Waals surface area contributed by atoms with E-state index in [-0.39, 0.29) is 11.8 Å². The summed E-state index contributed by atoms with van der Waals surface area (Å²) in [5.74, 6) is -0.392. The van der Waals surface area contributed by atoms with Crippen LogP contribution < -0.4 is 4.90 Å². The van der Waals surface area contributed by atoms with Crippen molar-refractivity contribution in [2.75, 3.05) is 18.1 Å². The van der Waals surface area contributed by atoms with Crippen molar-refractivity contribution in [2.45, 2.75) is 25.5 Å². The van der Waals surface area contributed by atoms with Crippen LogP contribution in [0.1, 0.15) is 28.2 Å². The van der Waals surface area contributed by atoms with Gasteiger partial charge in [-0.2, -0.15) is 0 Å². The third-order valence-electron chi connectivity index (χ3n) is 3.56. The number of rotatable bonds is 6. The molecule has 1 N–H and O–H groups in total. The van der Waals surface area contributed by atoms with Gasteiger partial charge in [0.25, 0.3) is 0 Å². The van der Waals surface area contributed by atoms with Crippen molar-refractivity contribution in [3.05, 3.63) is 40.5 Å². The van der Waals surface area contributed by atoms with E-state index in [9.17, 15) is 4.79 Å². The third-order valence-corrected chi connectivity index (χ3v) is 4.42. The van der Waals surface area contributed by atoms with E-state index in [4.69, 9.17) is 9.84 Å². The Balaban J connectivity index is 1.78. The first-order valence-corrected chi connectivity index (χ1v) is 8.04. The smallest absolute Gasteiger partial charge is 0.356 e. The van der Waals surface area contributed by atoms with E-state index >= 15 is 0 Å². The number of carboxylic acids is 1. The molecule has 0 spiro atoms. The summed E-state index contributed by atoms with van der Waals surface area (Å²) >= 11 is 1.69. The highest BCUT2D eigenvalue weighted by Gasteiger charge is 2.21. The molecule has 0 bridgehead atoms. The zero-order valence-electron chi connectivity index (χ0n) is 12.0. The van der Waals surface area contributed by atoms with Gasteiger partial charge in [0, 0.05) is 18.0 Å². The van der Waals surface area contributed by atoms with Crippen LogP contribution in [-0.2, 0) is 11.3 Å².